The minimum absolute atomic E-state index is 0.181. The van der Waals surface area contributed by atoms with E-state index >= 15 is 0 Å². The fourth-order valence-corrected chi connectivity index (χ4v) is 3.99. The van der Waals surface area contributed by atoms with Gasteiger partial charge in [-0.1, -0.05) is 17.8 Å². The lowest BCUT2D eigenvalue weighted by atomic mass is 9.93. The van der Waals surface area contributed by atoms with E-state index in [1.54, 1.807) is 17.8 Å². The topological polar surface area (TPSA) is 46.4 Å². The lowest BCUT2D eigenvalue weighted by Gasteiger charge is -2.20. The molecule has 22 heavy (non-hydrogen) atoms. The number of aromatic nitrogens is 2. The van der Waals surface area contributed by atoms with Crippen LogP contribution in [0.5, 0.6) is 0 Å². The first kappa shape index (κ1) is 13.8. The Morgan fingerprint density at radius 1 is 1.36 bits per heavy atom. The van der Waals surface area contributed by atoms with Crippen LogP contribution in [0.4, 0.5) is 0 Å². The summed E-state index contributed by atoms with van der Waals surface area (Å²) in [7, 11) is 0. The summed E-state index contributed by atoms with van der Waals surface area (Å²) in [4.78, 5) is 17.7. The summed E-state index contributed by atoms with van der Waals surface area (Å²) in [6, 6.07) is 6.10. The Morgan fingerprint density at radius 2 is 2.23 bits per heavy atom. The predicted molar refractivity (Wildman–Crippen MR) is 88.8 cm³/mol. The van der Waals surface area contributed by atoms with E-state index in [1.807, 2.05) is 24.4 Å². The Morgan fingerprint density at radius 3 is 3.09 bits per heavy atom. The summed E-state index contributed by atoms with van der Waals surface area (Å²) in [5.41, 5.74) is 2.03. The normalized spacial score (nSPS) is 18.8. The number of pyridine rings is 1. The molecular formula is C17H17N3OS. The third kappa shape index (κ3) is 2.51. The van der Waals surface area contributed by atoms with Crippen LogP contribution in [0.3, 0.4) is 0 Å². The highest BCUT2D eigenvalue weighted by atomic mass is 32.2. The van der Waals surface area contributed by atoms with Gasteiger partial charge in [-0.05, 0) is 56.3 Å². The quantitative estimate of drug-likeness (QED) is 0.885. The van der Waals surface area contributed by atoms with Crippen molar-refractivity contribution in [3.8, 4) is 0 Å². The highest BCUT2D eigenvalue weighted by Crippen LogP contribution is 2.35. The number of allylic oxidation sites excluding steroid dienone is 2. The van der Waals surface area contributed by atoms with Crippen molar-refractivity contribution in [1.29, 1.82) is 0 Å². The number of hydrogen-bond donors (Lipinski definition) is 1. The number of rotatable bonds is 3. The third-order valence-corrected chi connectivity index (χ3v) is 5.20. The summed E-state index contributed by atoms with van der Waals surface area (Å²) >= 11 is 1.68. The summed E-state index contributed by atoms with van der Waals surface area (Å²) in [6.07, 6.45) is 9.55. The minimum Gasteiger partial charge on any atom is -0.317 e. The smallest absolute Gasteiger partial charge is 0.158 e. The molecule has 2 aromatic rings. The van der Waals surface area contributed by atoms with E-state index < -0.39 is 0 Å². The Labute approximate surface area is 133 Å². The zero-order chi connectivity index (χ0) is 14.9. The average Bonchev–Trinajstić information content (AvgIpc) is 2.98. The standard InChI is InChI=1S/C17H17N3OS/c21-15(12-6-8-18-9-7-12)5-4-14-10-13-11-19-16-2-1-3-17(22-14)20(13)16/h1-5,10-12,18H,6-9H2/b5-4+. The van der Waals surface area contributed by atoms with Crippen molar-refractivity contribution >= 4 is 29.3 Å². The number of hydrogen-bond acceptors (Lipinski definition) is 4. The molecule has 1 fully saturated rings. The molecule has 1 N–H and O–H groups in total. The number of thioether (sulfide) groups is 1. The van der Waals surface area contributed by atoms with Gasteiger partial charge < -0.3 is 5.32 Å². The lowest BCUT2D eigenvalue weighted by Crippen LogP contribution is -2.31. The highest BCUT2D eigenvalue weighted by molar-refractivity contribution is 8.03. The molecule has 1 saturated heterocycles. The number of piperidine rings is 1. The number of ketones is 1. The Bertz CT molecular complexity index is 784. The Hall–Kier alpha value is -1.85. The number of nitrogens with one attached hydrogen (secondary N) is 1. The van der Waals surface area contributed by atoms with Crippen LogP contribution in [0.2, 0.25) is 0 Å². The molecule has 2 aliphatic heterocycles. The first-order valence-electron chi connectivity index (χ1n) is 7.60. The van der Waals surface area contributed by atoms with Crippen LogP contribution < -0.4 is 5.32 Å². The first-order chi connectivity index (χ1) is 10.8. The second-order valence-electron chi connectivity index (χ2n) is 5.65. The number of carbonyl (C=O) groups excluding carboxylic acids is 1. The summed E-state index contributed by atoms with van der Waals surface area (Å²) < 4.78 is 2.14. The van der Waals surface area contributed by atoms with Crippen molar-refractivity contribution < 1.29 is 4.79 Å². The van der Waals surface area contributed by atoms with Crippen molar-refractivity contribution in [3.05, 3.63) is 47.1 Å². The number of carbonyl (C=O) groups is 1. The monoisotopic (exact) mass is 311 g/mol. The van der Waals surface area contributed by atoms with E-state index in [-0.39, 0.29) is 11.7 Å². The molecule has 0 atom stereocenters. The van der Waals surface area contributed by atoms with E-state index in [9.17, 15) is 4.79 Å². The largest absolute Gasteiger partial charge is 0.317 e. The molecule has 0 radical (unpaired) electrons. The van der Waals surface area contributed by atoms with E-state index in [0.717, 1.165) is 47.2 Å². The molecule has 0 amide bonds. The highest BCUT2D eigenvalue weighted by Gasteiger charge is 2.19. The Kier molecular flexibility index (Phi) is 3.60. The average molecular weight is 311 g/mol. The van der Waals surface area contributed by atoms with Crippen molar-refractivity contribution in [1.82, 2.24) is 14.7 Å². The maximum atomic E-state index is 12.3. The minimum atomic E-state index is 0.181. The van der Waals surface area contributed by atoms with Gasteiger partial charge in [-0.2, -0.15) is 0 Å². The van der Waals surface area contributed by atoms with Crippen molar-refractivity contribution in [3.63, 3.8) is 0 Å². The molecule has 2 aromatic heterocycles. The molecule has 0 bridgehead atoms. The lowest BCUT2D eigenvalue weighted by molar-refractivity contribution is -0.118. The SMILES string of the molecule is O=C(/C=C/C1=Cc2cnc3cccc(n23)S1)C1CCNCC1. The van der Waals surface area contributed by atoms with Crippen LogP contribution in [-0.2, 0) is 4.79 Å². The van der Waals surface area contributed by atoms with Crippen LogP contribution in [0.1, 0.15) is 18.5 Å². The van der Waals surface area contributed by atoms with Crippen LogP contribution in [0.25, 0.3) is 11.7 Å². The molecule has 0 saturated carbocycles. The van der Waals surface area contributed by atoms with Gasteiger partial charge in [0, 0.05) is 10.8 Å². The van der Waals surface area contributed by atoms with Gasteiger partial charge >= 0.3 is 0 Å². The second-order valence-corrected chi connectivity index (χ2v) is 6.74. The van der Waals surface area contributed by atoms with Gasteiger partial charge in [-0.15, -0.1) is 0 Å². The molecule has 0 spiro atoms. The van der Waals surface area contributed by atoms with Crippen molar-refractivity contribution in [2.45, 2.75) is 17.9 Å². The zero-order valence-corrected chi connectivity index (χ0v) is 13.0. The van der Waals surface area contributed by atoms with Gasteiger partial charge in [0.1, 0.15) is 5.65 Å². The van der Waals surface area contributed by atoms with Gasteiger partial charge in [-0.25, -0.2) is 4.98 Å². The number of nitrogens with zero attached hydrogens (tertiary/aromatic N) is 2. The molecule has 4 nitrogen and oxygen atoms in total. The summed E-state index contributed by atoms with van der Waals surface area (Å²) in [6.45, 7) is 1.89. The first-order valence-corrected chi connectivity index (χ1v) is 8.41. The van der Waals surface area contributed by atoms with E-state index in [0.29, 0.717) is 0 Å². The summed E-state index contributed by atoms with van der Waals surface area (Å²) in [5, 5.41) is 4.43. The van der Waals surface area contributed by atoms with Gasteiger partial charge in [0.2, 0.25) is 0 Å². The molecule has 4 heterocycles. The van der Waals surface area contributed by atoms with Crippen LogP contribution in [0, 0.1) is 5.92 Å². The molecular weight excluding hydrogens is 294 g/mol. The molecule has 112 valence electrons. The van der Waals surface area contributed by atoms with E-state index in [4.69, 9.17) is 0 Å². The maximum Gasteiger partial charge on any atom is 0.158 e. The van der Waals surface area contributed by atoms with Crippen molar-refractivity contribution in [2.24, 2.45) is 5.92 Å². The Balaban J connectivity index is 1.55. The van der Waals surface area contributed by atoms with Crippen LogP contribution >= 0.6 is 11.8 Å². The molecule has 0 unspecified atom stereocenters. The molecule has 2 aliphatic rings. The van der Waals surface area contributed by atoms with Crippen molar-refractivity contribution in [2.75, 3.05) is 13.1 Å². The third-order valence-electron chi connectivity index (χ3n) is 4.19. The summed E-state index contributed by atoms with van der Waals surface area (Å²) in [5.74, 6) is 0.431. The maximum absolute atomic E-state index is 12.3. The van der Waals surface area contributed by atoms with Crippen LogP contribution in [0.15, 0.2) is 46.5 Å². The fraction of sp³-hybridized carbons (Fsp3) is 0.294. The van der Waals surface area contributed by atoms with E-state index in [1.165, 1.54) is 0 Å². The van der Waals surface area contributed by atoms with Gasteiger partial charge in [-0.3, -0.25) is 9.20 Å². The van der Waals surface area contributed by atoms with Crippen LogP contribution in [-0.4, -0.2) is 28.3 Å². The molecule has 5 heteroatoms. The van der Waals surface area contributed by atoms with Gasteiger partial charge in [0.15, 0.2) is 5.78 Å². The predicted octanol–water partition coefficient (Wildman–Crippen LogP) is 2.91. The molecule has 0 aromatic carbocycles. The zero-order valence-electron chi connectivity index (χ0n) is 12.2. The molecule has 4 rings (SSSR count). The number of imidazole rings is 1. The van der Waals surface area contributed by atoms with Gasteiger partial charge in [0.25, 0.3) is 0 Å². The second kappa shape index (κ2) is 5.74. The van der Waals surface area contributed by atoms with E-state index in [2.05, 4.69) is 26.8 Å². The van der Waals surface area contributed by atoms with Gasteiger partial charge in [0.05, 0.1) is 16.9 Å². The fourth-order valence-electron chi connectivity index (χ4n) is 3.00. The molecule has 0 aliphatic carbocycles.